The summed E-state index contributed by atoms with van der Waals surface area (Å²) < 4.78 is 47.8. The predicted octanol–water partition coefficient (Wildman–Crippen LogP) is 2.48. The Hall–Kier alpha value is -3.38. The first-order chi connectivity index (χ1) is 23.0. The highest BCUT2D eigenvalue weighted by Crippen LogP contribution is 2.46. The monoisotopic (exact) mass is 730 g/mol. The van der Waals surface area contributed by atoms with Gasteiger partial charge in [0.15, 0.2) is 18.0 Å². The average molecular weight is 732 g/mol. The molecule has 3 fully saturated rings. The second kappa shape index (κ2) is 11.6. The molecule has 14 nitrogen and oxygen atoms in total. The zero-order valence-corrected chi connectivity index (χ0v) is 27.3. The Balaban J connectivity index is 1.26. The normalized spacial score (nSPS) is 34.0. The molecule has 11 atom stereocenters. The highest BCUT2D eigenvalue weighted by molar-refractivity contribution is 9.10. The molecule has 15 heteroatoms. The number of phenolic OH excluding ortho intramolecular Hbond substituents is 1. The Morgan fingerprint density at radius 1 is 0.812 bits per heavy atom. The minimum Gasteiger partial charge on any atom is -0.506 e. The lowest BCUT2D eigenvalue weighted by atomic mass is 9.90. The third-order valence-electron chi connectivity index (χ3n) is 9.73. The van der Waals surface area contributed by atoms with Crippen molar-refractivity contribution in [3.05, 3.63) is 55.6 Å². The van der Waals surface area contributed by atoms with E-state index in [0.717, 1.165) is 0 Å². The Morgan fingerprint density at radius 2 is 1.54 bits per heavy atom. The van der Waals surface area contributed by atoms with E-state index in [1.54, 1.807) is 32.0 Å². The molecule has 8 rings (SSSR count). The van der Waals surface area contributed by atoms with Crippen LogP contribution in [0.1, 0.15) is 13.8 Å². The summed E-state index contributed by atoms with van der Waals surface area (Å²) in [6.45, 7) is 3.44. The Labute approximate surface area is 278 Å². The number of rotatable bonds is 5. The maximum absolute atomic E-state index is 13.4. The van der Waals surface area contributed by atoms with E-state index in [1.807, 2.05) is 0 Å². The molecule has 3 aliphatic rings. The molecular formula is C33H31BrO14. The van der Waals surface area contributed by atoms with Crippen LogP contribution in [0.15, 0.2) is 53.2 Å². The van der Waals surface area contributed by atoms with Crippen LogP contribution in [0.5, 0.6) is 11.5 Å². The molecule has 0 aliphatic carbocycles. The number of aliphatic hydroxyl groups excluding tert-OH is 3. The first-order valence-corrected chi connectivity index (χ1v) is 16.2. The Morgan fingerprint density at radius 3 is 2.27 bits per heavy atom. The molecule has 0 spiro atoms. The first-order valence-electron chi connectivity index (χ1n) is 15.4. The van der Waals surface area contributed by atoms with Crippen LogP contribution in [0, 0.1) is 5.92 Å². The molecule has 3 saturated heterocycles. The molecule has 0 amide bonds. The van der Waals surface area contributed by atoms with Gasteiger partial charge in [-0.2, -0.15) is 0 Å². The third-order valence-corrected chi connectivity index (χ3v) is 10.4. The summed E-state index contributed by atoms with van der Waals surface area (Å²) in [5.41, 5.74) is -1.48. The number of aromatic hydroxyl groups is 1. The number of phenols is 1. The average Bonchev–Trinajstić information content (AvgIpc) is 3.10. The van der Waals surface area contributed by atoms with Crippen LogP contribution in [-0.2, 0) is 23.7 Å². The van der Waals surface area contributed by atoms with E-state index < -0.39 is 84.3 Å². The number of benzene rings is 3. The second-order valence-corrected chi connectivity index (χ2v) is 13.3. The maximum Gasteiger partial charge on any atom is 0.348 e. The van der Waals surface area contributed by atoms with E-state index in [9.17, 15) is 30.0 Å². The van der Waals surface area contributed by atoms with Crippen LogP contribution in [0.2, 0.25) is 0 Å². The summed E-state index contributed by atoms with van der Waals surface area (Å²) in [4.78, 5) is 26.6. The van der Waals surface area contributed by atoms with Crippen LogP contribution in [0.4, 0.5) is 0 Å². The second-order valence-electron chi connectivity index (χ2n) is 12.5. The van der Waals surface area contributed by atoms with Gasteiger partial charge in [0.25, 0.3) is 0 Å². The maximum atomic E-state index is 13.4. The van der Waals surface area contributed by atoms with Gasteiger partial charge in [-0.25, -0.2) is 9.59 Å². The van der Waals surface area contributed by atoms with Crippen molar-refractivity contribution in [1.29, 1.82) is 0 Å². The number of hydrogen-bond donors (Lipinski definition) is 4. The van der Waals surface area contributed by atoms with Crippen LogP contribution < -0.4 is 16.0 Å². The summed E-state index contributed by atoms with van der Waals surface area (Å²) >= 11 is 3.37. The largest absolute Gasteiger partial charge is 0.506 e. The minimum atomic E-state index is -1.52. The summed E-state index contributed by atoms with van der Waals surface area (Å²) in [6, 6.07) is 7.70. The molecule has 7 unspecified atom stereocenters. The van der Waals surface area contributed by atoms with Gasteiger partial charge in [-0.1, -0.05) is 12.1 Å². The highest BCUT2D eigenvalue weighted by atomic mass is 79.9. The van der Waals surface area contributed by atoms with E-state index in [2.05, 4.69) is 15.9 Å². The van der Waals surface area contributed by atoms with E-state index in [-0.39, 0.29) is 55.8 Å². The van der Waals surface area contributed by atoms with Crippen molar-refractivity contribution in [2.24, 2.45) is 5.92 Å². The fourth-order valence-electron chi connectivity index (χ4n) is 7.15. The lowest BCUT2D eigenvalue weighted by Gasteiger charge is -2.46. The van der Waals surface area contributed by atoms with Gasteiger partial charge in [-0.15, -0.1) is 0 Å². The standard InChI is InChI=1S/C33H31BrO14/c1-10-22(35)25(38)29(48-32-13-9-42-26(13)28(41-3)23(36)11(2)43-32)33(44-10)46-15-6-4-5-12-17(15)27-20-19-16(45-31(40)21(20)24(12)37)8-7-14(34)18(19)30(39)47-27/h4-8,10-11,13,22-23,25-26,28-29,32-33,35-38H,9H2,1-3H3/t10?,11?,13-,22+,23+,25?,26?,28?,29?,32?,33+/m1/s1. The SMILES string of the molecule is COC1C2OC[C@H]2C(OC2C(O)[C@@H](O)C(C)O[C@H]2Oc2cccc3c(O)c4c(=O)oc5ccc(Br)c6c(=O)oc(c23)c4c56)OC(C)[C@@H]1O. The number of ether oxygens (including phenoxy) is 6. The van der Waals surface area contributed by atoms with E-state index >= 15 is 0 Å². The smallest absolute Gasteiger partial charge is 0.348 e. The van der Waals surface area contributed by atoms with Crippen molar-refractivity contribution < 1.29 is 57.7 Å². The van der Waals surface area contributed by atoms with Gasteiger partial charge in [0.05, 0.1) is 41.6 Å². The molecule has 0 saturated carbocycles. The number of halogens is 1. The Bertz CT molecular complexity index is 2160. The number of hydrogen-bond acceptors (Lipinski definition) is 14. The van der Waals surface area contributed by atoms with Crippen molar-refractivity contribution in [1.82, 2.24) is 0 Å². The quantitative estimate of drug-likeness (QED) is 0.117. The van der Waals surface area contributed by atoms with Crippen LogP contribution in [-0.4, -0.2) is 95.6 Å². The summed E-state index contributed by atoms with van der Waals surface area (Å²) in [6.07, 6.45) is -10.5. The molecule has 3 aromatic carbocycles. The molecule has 0 radical (unpaired) electrons. The third kappa shape index (κ3) is 4.60. The van der Waals surface area contributed by atoms with Gasteiger partial charge in [0.1, 0.15) is 46.9 Å². The first kappa shape index (κ1) is 31.9. The van der Waals surface area contributed by atoms with Crippen molar-refractivity contribution in [2.45, 2.75) is 75.3 Å². The van der Waals surface area contributed by atoms with Crippen LogP contribution in [0.3, 0.4) is 0 Å². The van der Waals surface area contributed by atoms with Gasteiger partial charge in [-0.05, 0) is 48.0 Å². The molecule has 5 heterocycles. The highest BCUT2D eigenvalue weighted by Gasteiger charge is 2.54. The van der Waals surface area contributed by atoms with E-state index in [4.69, 9.17) is 37.3 Å². The van der Waals surface area contributed by atoms with Crippen molar-refractivity contribution in [3.8, 4) is 11.5 Å². The minimum absolute atomic E-state index is 0.0428. The van der Waals surface area contributed by atoms with Gasteiger partial charge in [0, 0.05) is 27.7 Å². The Kier molecular flexibility index (Phi) is 7.70. The molecule has 3 aliphatic heterocycles. The van der Waals surface area contributed by atoms with Gasteiger partial charge >= 0.3 is 11.3 Å². The van der Waals surface area contributed by atoms with E-state index in [0.29, 0.717) is 4.47 Å². The summed E-state index contributed by atoms with van der Waals surface area (Å²) in [7, 11) is 1.46. The van der Waals surface area contributed by atoms with Crippen molar-refractivity contribution >= 4 is 59.4 Å². The van der Waals surface area contributed by atoms with Gasteiger partial charge < -0.3 is 57.7 Å². The zero-order valence-electron chi connectivity index (χ0n) is 25.7. The molecule has 4 N–H and O–H groups in total. The lowest BCUT2D eigenvalue weighted by molar-refractivity contribution is -0.337. The fourth-order valence-corrected chi connectivity index (χ4v) is 7.64. The number of aliphatic hydroxyl groups is 3. The van der Waals surface area contributed by atoms with Crippen molar-refractivity contribution in [2.75, 3.05) is 13.7 Å². The molecular weight excluding hydrogens is 700 g/mol. The summed E-state index contributed by atoms with van der Waals surface area (Å²) in [5.74, 6) is -0.758. The number of fused-ring (bicyclic) bond motifs is 3. The molecule has 48 heavy (non-hydrogen) atoms. The van der Waals surface area contributed by atoms with Crippen LogP contribution >= 0.6 is 15.9 Å². The van der Waals surface area contributed by atoms with Crippen molar-refractivity contribution in [3.63, 3.8) is 0 Å². The summed E-state index contributed by atoms with van der Waals surface area (Å²) in [5, 5.41) is 45.0. The molecule has 5 aromatic rings. The number of methoxy groups -OCH3 is 1. The van der Waals surface area contributed by atoms with Gasteiger partial charge in [0.2, 0.25) is 6.29 Å². The van der Waals surface area contributed by atoms with Crippen LogP contribution in [0.25, 0.3) is 43.5 Å². The molecule has 2 aromatic heterocycles. The predicted molar refractivity (Wildman–Crippen MR) is 170 cm³/mol. The lowest BCUT2D eigenvalue weighted by Crippen LogP contribution is -2.62. The topological polar surface area (TPSA) is 197 Å². The fraction of sp³-hybridized carbons (Fsp3) is 0.455. The zero-order chi connectivity index (χ0) is 33.8. The molecule has 0 bridgehead atoms. The van der Waals surface area contributed by atoms with E-state index in [1.165, 1.54) is 19.2 Å². The van der Waals surface area contributed by atoms with Gasteiger partial charge in [-0.3, -0.25) is 0 Å². The molecule has 254 valence electrons.